The van der Waals surface area contributed by atoms with Gasteiger partial charge in [-0.15, -0.1) is 0 Å². The highest BCUT2D eigenvalue weighted by atomic mass is 35.5. The highest BCUT2D eigenvalue weighted by Gasteiger charge is 2.24. The molecule has 0 saturated heterocycles. The van der Waals surface area contributed by atoms with Gasteiger partial charge in [-0.3, -0.25) is 4.79 Å². The average Bonchev–Trinajstić information content (AvgIpc) is 2.99. The summed E-state index contributed by atoms with van der Waals surface area (Å²) in [6.07, 6.45) is 7.60. The van der Waals surface area contributed by atoms with E-state index >= 15 is 0 Å². The van der Waals surface area contributed by atoms with Gasteiger partial charge in [0.1, 0.15) is 0 Å². The Morgan fingerprint density at radius 2 is 2.00 bits per heavy atom. The molecule has 1 aliphatic carbocycles. The molecule has 1 amide bonds. The summed E-state index contributed by atoms with van der Waals surface area (Å²) in [7, 11) is 0. The Bertz CT molecular complexity index is 525. The van der Waals surface area contributed by atoms with Crippen LogP contribution in [-0.4, -0.2) is 35.1 Å². The lowest BCUT2D eigenvalue weighted by Crippen LogP contribution is -2.39. The lowest BCUT2D eigenvalue weighted by atomic mass is 10.2. The van der Waals surface area contributed by atoms with Gasteiger partial charge in [0.15, 0.2) is 0 Å². The van der Waals surface area contributed by atoms with Crippen LogP contribution in [0.4, 0.5) is 0 Å². The molecule has 0 atom stereocenters. The molecule has 2 rings (SSSR count). The van der Waals surface area contributed by atoms with Crippen LogP contribution in [0.15, 0.2) is 24.3 Å². The molecule has 21 heavy (non-hydrogen) atoms. The largest absolute Gasteiger partial charge is 0.395 e. The van der Waals surface area contributed by atoms with Crippen molar-refractivity contribution in [3.05, 3.63) is 39.9 Å². The number of nitrogens with zero attached hydrogens (tertiary/aromatic N) is 1. The third-order valence-electron chi connectivity index (χ3n) is 3.75. The van der Waals surface area contributed by atoms with Crippen molar-refractivity contribution in [2.24, 2.45) is 0 Å². The Morgan fingerprint density at radius 3 is 2.62 bits per heavy atom. The highest BCUT2D eigenvalue weighted by molar-refractivity contribution is 6.42. The number of aliphatic hydroxyl groups excluding tert-OH is 1. The van der Waals surface area contributed by atoms with Crippen LogP contribution < -0.4 is 0 Å². The monoisotopic (exact) mass is 327 g/mol. The molecule has 5 heteroatoms. The molecular weight excluding hydrogens is 309 g/mol. The summed E-state index contributed by atoms with van der Waals surface area (Å²) in [5.41, 5.74) is 0.827. The first kappa shape index (κ1) is 16.3. The van der Waals surface area contributed by atoms with E-state index in [9.17, 15) is 4.79 Å². The summed E-state index contributed by atoms with van der Waals surface area (Å²) < 4.78 is 0. The smallest absolute Gasteiger partial charge is 0.246 e. The summed E-state index contributed by atoms with van der Waals surface area (Å²) in [6, 6.07) is 5.49. The molecule has 0 heterocycles. The van der Waals surface area contributed by atoms with Crippen molar-refractivity contribution in [1.82, 2.24) is 4.90 Å². The number of amides is 1. The summed E-state index contributed by atoms with van der Waals surface area (Å²) in [6.45, 7) is 0.373. The molecule has 114 valence electrons. The first-order valence-electron chi connectivity index (χ1n) is 7.16. The maximum atomic E-state index is 12.3. The van der Waals surface area contributed by atoms with Gasteiger partial charge in [0.25, 0.3) is 0 Å². The van der Waals surface area contributed by atoms with Crippen molar-refractivity contribution in [1.29, 1.82) is 0 Å². The number of hydrogen-bond acceptors (Lipinski definition) is 2. The zero-order valence-corrected chi connectivity index (χ0v) is 13.3. The quantitative estimate of drug-likeness (QED) is 0.836. The van der Waals surface area contributed by atoms with Gasteiger partial charge in [0, 0.05) is 18.7 Å². The second-order valence-corrected chi connectivity index (χ2v) is 6.01. The van der Waals surface area contributed by atoms with Gasteiger partial charge in [0.05, 0.1) is 16.7 Å². The van der Waals surface area contributed by atoms with Crippen LogP contribution in [0.5, 0.6) is 0 Å². The number of carbonyl (C=O) groups is 1. The topological polar surface area (TPSA) is 40.5 Å². The van der Waals surface area contributed by atoms with Crippen LogP contribution in [-0.2, 0) is 4.79 Å². The van der Waals surface area contributed by atoms with E-state index in [1.807, 2.05) is 6.07 Å². The van der Waals surface area contributed by atoms with Crippen LogP contribution in [0.1, 0.15) is 31.2 Å². The molecule has 0 aliphatic heterocycles. The van der Waals surface area contributed by atoms with Gasteiger partial charge in [-0.1, -0.05) is 42.1 Å². The van der Waals surface area contributed by atoms with Crippen molar-refractivity contribution in [2.45, 2.75) is 31.7 Å². The van der Waals surface area contributed by atoms with E-state index in [1.165, 1.54) is 6.08 Å². The maximum Gasteiger partial charge on any atom is 0.246 e. The minimum absolute atomic E-state index is 0.0111. The van der Waals surface area contributed by atoms with Crippen molar-refractivity contribution in [3.63, 3.8) is 0 Å². The molecule has 1 aliphatic rings. The predicted molar refractivity (Wildman–Crippen MR) is 86.6 cm³/mol. The predicted octanol–water partition coefficient (Wildman–Crippen LogP) is 3.77. The average molecular weight is 328 g/mol. The summed E-state index contributed by atoms with van der Waals surface area (Å²) >= 11 is 11.8. The molecular formula is C16H19Cl2NO2. The van der Waals surface area contributed by atoms with Crippen molar-refractivity contribution in [3.8, 4) is 0 Å². The lowest BCUT2D eigenvalue weighted by molar-refractivity contribution is -0.128. The van der Waals surface area contributed by atoms with E-state index in [2.05, 4.69) is 0 Å². The molecule has 0 bridgehead atoms. The van der Waals surface area contributed by atoms with Gasteiger partial charge in [-0.05, 0) is 36.6 Å². The third kappa shape index (κ3) is 4.47. The van der Waals surface area contributed by atoms with Crippen molar-refractivity contribution < 1.29 is 9.90 Å². The zero-order valence-electron chi connectivity index (χ0n) is 11.8. The van der Waals surface area contributed by atoms with Crippen LogP contribution in [0.25, 0.3) is 6.08 Å². The molecule has 0 unspecified atom stereocenters. The van der Waals surface area contributed by atoms with E-state index in [-0.39, 0.29) is 18.6 Å². The Hall–Kier alpha value is -1.03. The minimum Gasteiger partial charge on any atom is -0.395 e. The van der Waals surface area contributed by atoms with Crippen LogP contribution in [0.2, 0.25) is 10.0 Å². The number of carbonyl (C=O) groups excluding carboxylic acids is 1. The second-order valence-electron chi connectivity index (χ2n) is 5.20. The lowest BCUT2D eigenvalue weighted by Gasteiger charge is -2.27. The van der Waals surface area contributed by atoms with Crippen molar-refractivity contribution >= 4 is 35.2 Å². The first-order chi connectivity index (χ1) is 10.1. The summed E-state index contributed by atoms with van der Waals surface area (Å²) in [5, 5.41) is 10.1. The van der Waals surface area contributed by atoms with Gasteiger partial charge >= 0.3 is 0 Å². The van der Waals surface area contributed by atoms with E-state index in [0.717, 1.165) is 31.2 Å². The SMILES string of the molecule is O=C(C=Cc1ccc(Cl)c(Cl)c1)N(CCO)C1CCCC1. The standard InChI is InChI=1S/C16H19Cl2NO2/c17-14-7-5-12(11-15(14)18)6-8-16(21)19(9-10-20)13-3-1-2-4-13/h5-8,11,13,20H,1-4,9-10H2. The number of rotatable bonds is 5. The highest BCUT2D eigenvalue weighted by Crippen LogP contribution is 2.25. The first-order valence-corrected chi connectivity index (χ1v) is 7.92. The third-order valence-corrected chi connectivity index (χ3v) is 4.49. The van der Waals surface area contributed by atoms with Gasteiger partial charge in [0.2, 0.25) is 5.91 Å². The van der Waals surface area contributed by atoms with Gasteiger partial charge in [-0.25, -0.2) is 0 Å². The second kappa shape index (κ2) is 7.83. The van der Waals surface area contributed by atoms with Crippen LogP contribution >= 0.6 is 23.2 Å². The molecule has 1 N–H and O–H groups in total. The van der Waals surface area contributed by atoms with E-state index in [0.29, 0.717) is 16.6 Å². The number of halogens is 2. The van der Waals surface area contributed by atoms with Gasteiger partial charge in [-0.2, -0.15) is 0 Å². The van der Waals surface area contributed by atoms with Crippen molar-refractivity contribution in [2.75, 3.05) is 13.2 Å². The molecule has 1 aromatic carbocycles. The fourth-order valence-electron chi connectivity index (χ4n) is 2.68. The molecule has 0 aromatic heterocycles. The normalized spacial score (nSPS) is 15.8. The Morgan fingerprint density at radius 1 is 1.29 bits per heavy atom. The molecule has 0 spiro atoms. The Balaban J connectivity index is 2.06. The molecule has 1 fully saturated rings. The van der Waals surface area contributed by atoms with Crippen LogP contribution in [0, 0.1) is 0 Å². The van der Waals surface area contributed by atoms with E-state index in [1.54, 1.807) is 23.1 Å². The summed E-state index contributed by atoms with van der Waals surface area (Å²) in [4.78, 5) is 14.1. The fraction of sp³-hybridized carbons (Fsp3) is 0.438. The number of aliphatic hydroxyl groups is 1. The minimum atomic E-state index is -0.0676. The molecule has 3 nitrogen and oxygen atoms in total. The Kier molecular flexibility index (Phi) is 6.09. The number of benzene rings is 1. The summed E-state index contributed by atoms with van der Waals surface area (Å²) in [5.74, 6) is -0.0676. The molecule has 1 aromatic rings. The molecule has 0 radical (unpaired) electrons. The fourth-order valence-corrected chi connectivity index (χ4v) is 2.98. The van der Waals surface area contributed by atoms with Gasteiger partial charge < -0.3 is 10.0 Å². The van der Waals surface area contributed by atoms with Crippen LogP contribution in [0.3, 0.4) is 0 Å². The number of hydrogen-bond donors (Lipinski definition) is 1. The molecule has 1 saturated carbocycles. The van der Waals surface area contributed by atoms with E-state index in [4.69, 9.17) is 28.3 Å². The maximum absolute atomic E-state index is 12.3. The van der Waals surface area contributed by atoms with E-state index < -0.39 is 0 Å². The zero-order chi connectivity index (χ0) is 15.2. The Labute approximate surface area is 135 Å².